The number of ether oxygens (including phenoxy) is 2. The van der Waals surface area contributed by atoms with Crippen LogP contribution in [0, 0.1) is 12.7 Å². The molecule has 1 N–H and O–H groups in total. The number of amides is 1. The molecule has 2 atom stereocenters. The Bertz CT molecular complexity index is 911. The average Bonchev–Trinajstić information content (AvgIpc) is 3.02. The summed E-state index contributed by atoms with van der Waals surface area (Å²) in [6.07, 6.45) is -3.24. The topological polar surface area (TPSA) is 111 Å². The molecule has 3 rings (SSSR count). The first-order valence-corrected chi connectivity index (χ1v) is 8.43. The van der Waals surface area contributed by atoms with Gasteiger partial charge in [-0.3, -0.25) is 14.5 Å². The second kappa shape index (κ2) is 7.77. The molecular formula is C18H18FN3O6. The van der Waals surface area contributed by atoms with Gasteiger partial charge in [-0.05, 0) is 31.2 Å². The first-order valence-electron chi connectivity index (χ1n) is 8.43. The largest absolute Gasteiger partial charge is 0.478 e. The number of esters is 1. The molecule has 0 spiro atoms. The highest BCUT2D eigenvalue weighted by Crippen LogP contribution is 2.23. The lowest BCUT2D eigenvalue weighted by Gasteiger charge is -2.33. The van der Waals surface area contributed by atoms with E-state index in [1.54, 1.807) is 25.1 Å². The summed E-state index contributed by atoms with van der Waals surface area (Å²) in [4.78, 5) is 36.7. The highest BCUT2D eigenvalue weighted by molar-refractivity contribution is 6.00. The molecule has 0 bridgehead atoms. The van der Waals surface area contributed by atoms with Crippen LogP contribution < -0.4 is 4.90 Å². The van der Waals surface area contributed by atoms with Gasteiger partial charge in [-0.15, -0.1) is 5.10 Å². The molecule has 0 saturated carbocycles. The number of hydrogen-bond acceptors (Lipinski definition) is 6. The molecule has 1 aliphatic heterocycles. The summed E-state index contributed by atoms with van der Waals surface area (Å²) in [5.41, 5.74) is 1.29. The van der Waals surface area contributed by atoms with E-state index < -0.39 is 30.1 Å². The minimum atomic E-state index is -1.76. The maximum absolute atomic E-state index is 13.1. The number of morpholine rings is 1. The number of benzene rings is 1. The zero-order chi connectivity index (χ0) is 20.4. The van der Waals surface area contributed by atoms with Gasteiger partial charge in [-0.2, -0.15) is 0 Å². The van der Waals surface area contributed by atoms with Gasteiger partial charge in [0.05, 0.1) is 18.8 Å². The van der Waals surface area contributed by atoms with Crippen molar-refractivity contribution < 1.29 is 33.4 Å². The molecule has 1 aromatic carbocycles. The molecule has 2 heterocycles. The lowest BCUT2D eigenvalue weighted by molar-refractivity contribution is -0.177. The fraction of sp³-hybridized carbons (Fsp3) is 0.333. The highest BCUT2D eigenvalue weighted by Gasteiger charge is 2.43. The molecule has 0 aliphatic carbocycles. The second-order valence-electron chi connectivity index (χ2n) is 6.18. The van der Waals surface area contributed by atoms with E-state index >= 15 is 0 Å². The predicted octanol–water partition coefficient (Wildman–Crippen LogP) is 1.07. The molecule has 2 unspecified atom stereocenters. The summed E-state index contributed by atoms with van der Waals surface area (Å²) in [6, 6.07) is 7.32. The number of nitrogens with zero attached hydrogens (tertiary/aromatic N) is 3. The Kier molecular flexibility index (Phi) is 5.41. The number of aliphatic carboxylic acids is 1. The monoisotopic (exact) mass is 391 g/mol. The van der Waals surface area contributed by atoms with Crippen LogP contribution in [0.3, 0.4) is 0 Å². The van der Waals surface area contributed by atoms with Crippen molar-refractivity contribution in [3.8, 4) is 5.69 Å². The predicted molar refractivity (Wildman–Crippen MR) is 93.5 cm³/mol. The van der Waals surface area contributed by atoms with Crippen molar-refractivity contribution in [3.05, 3.63) is 41.8 Å². The summed E-state index contributed by atoms with van der Waals surface area (Å²) in [6.45, 7) is 3.02. The Balaban J connectivity index is 1.88. The Morgan fingerprint density at radius 3 is 2.64 bits per heavy atom. The van der Waals surface area contributed by atoms with Crippen LogP contribution in [-0.2, 0) is 23.9 Å². The van der Waals surface area contributed by atoms with Crippen LogP contribution >= 0.6 is 0 Å². The number of carboxylic acids is 1. The van der Waals surface area contributed by atoms with Gasteiger partial charge in [0, 0.05) is 18.7 Å². The van der Waals surface area contributed by atoms with Crippen molar-refractivity contribution in [2.24, 2.45) is 0 Å². The smallest absolute Gasteiger partial charge is 0.348 e. The third-order valence-corrected chi connectivity index (χ3v) is 4.16. The van der Waals surface area contributed by atoms with Crippen LogP contribution in [-0.4, -0.2) is 58.1 Å². The van der Waals surface area contributed by atoms with Crippen LogP contribution in [0.1, 0.15) is 12.6 Å². The number of carbonyl (C=O) groups excluding carboxylic acids is 2. The van der Waals surface area contributed by atoms with Crippen molar-refractivity contribution in [2.75, 3.05) is 18.1 Å². The van der Waals surface area contributed by atoms with E-state index in [4.69, 9.17) is 9.47 Å². The number of anilines is 1. The molecule has 0 radical (unpaired) electrons. The summed E-state index contributed by atoms with van der Waals surface area (Å²) in [7, 11) is 0. The molecule has 2 aromatic rings. The Morgan fingerprint density at radius 1 is 1.36 bits per heavy atom. The van der Waals surface area contributed by atoms with Crippen molar-refractivity contribution in [3.63, 3.8) is 0 Å². The van der Waals surface area contributed by atoms with Gasteiger partial charge in [-0.25, -0.2) is 13.9 Å². The van der Waals surface area contributed by atoms with Gasteiger partial charge >= 0.3 is 11.9 Å². The lowest BCUT2D eigenvalue weighted by atomic mass is 10.1. The average molecular weight is 391 g/mol. The van der Waals surface area contributed by atoms with E-state index in [0.29, 0.717) is 11.4 Å². The fourth-order valence-corrected chi connectivity index (χ4v) is 2.90. The first-order chi connectivity index (χ1) is 13.3. The van der Waals surface area contributed by atoms with E-state index in [2.05, 4.69) is 5.10 Å². The van der Waals surface area contributed by atoms with Crippen LogP contribution in [0.25, 0.3) is 5.69 Å². The maximum atomic E-state index is 13.1. The summed E-state index contributed by atoms with van der Waals surface area (Å²) in [5.74, 6) is -3.10. The molecule has 1 aliphatic rings. The Labute approximate surface area is 159 Å². The second-order valence-corrected chi connectivity index (χ2v) is 6.18. The summed E-state index contributed by atoms with van der Waals surface area (Å²) in [5, 5.41) is 13.7. The quantitative estimate of drug-likeness (QED) is 0.759. The van der Waals surface area contributed by atoms with Crippen molar-refractivity contribution >= 4 is 23.7 Å². The number of halogens is 1. The molecule has 10 heteroatoms. The van der Waals surface area contributed by atoms with Gasteiger partial charge in [-0.1, -0.05) is 0 Å². The van der Waals surface area contributed by atoms with Crippen LogP contribution in [0.4, 0.5) is 10.2 Å². The molecule has 9 nitrogen and oxygen atoms in total. The Hall–Kier alpha value is -3.27. The molecule has 1 amide bonds. The molecule has 1 fully saturated rings. The summed E-state index contributed by atoms with van der Waals surface area (Å²) < 4.78 is 24.7. The van der Waals surface area contributed by atoms with Gasteiger partial charge in [0.15, 0.2) is 11.9 Å². The third kappa shape index (κ3) is 3.86. The van der Waals surface area contributed by atoms with Crippen molar-refractivity contribution in [2.45, 2.75) is 26.1 Å². The van der Waals surface area contributed by atoms with Gasteiger partial charge in [0.25, 0.3) is 5.91 Å². The number of rotatable bonds is 5. The minimum Gasteiger partial charge on any atom is -0.478 e. The maximum Gasteiger partial charge on any atom is 0.348 e. The number of carboxylic acid groups (broad SMARTS) is 1. The number of hydrogen-bond donors (Lipinski definition) is 1. The van der Waals surface area contributed by atoms with E-state index in [1.807, 2.05) is 0 Å². The first kappa shape index (κ1) is 19.5. The molecule has 28 heavy (non-hydrogen) atoms. The normalized spacial score (nSPS) is 18.0. The van der Waals surface area contributed by atoms with Crippen LogP contribution in [0.15, 0.2) is 30.3 Å². The molecule has 1 saturated heterocycles. The van der Waals surface area contributed by atoms with E-state index in [0.717, 1.165) is 6.92 Å². The van der Waals surface area contributed by atoms with E-state index in [9.17, 15) is 23.9 Å². The lowest BCUT2D eigenvalue weighted by Crippen LogP contribution is -2.55. The third-order valence-electron chi connectivity index (χ3n) is 4.16. The molecular weight excluding hydrogens is 373 g/mol. The summed E-state index contributed by atoms with van der Waals surface area (Å²) >= 11 is 0. The van der Waals surface area contributed by atoms with Crippen LogP contribution in [0.2, 0.25) is 0 Å². The SMILES string of the molecule is CC(=O)OC(C(=O)O)C1OCCN(c2cc(C)n(-c3ccc(F)cc3)n2)C1=O. The molecule has 1 aromatic heterocycles. The number of aromatic nitrogens is 2. The Morgan fingerprint density at radius 2 is 2.04 bits per heavy atom. The van der Waals surface area contributed by atoms with E-state index in [-0.39, 0.29) is 24.8 Å². The number of carbonyl (C=O) groups is 3. The van der Waals surface area contributed by atoms with E-state index in [1.165, 1.54) is 21.7 Å². The van der Waals surface area contributed by atoms with Crippen molar-refractivity contribution in [1.82, 2.24) is 9.78 Å². The van der Waals surface area contributed by atoms with Crippen LogP contribution in [0.5, 0.6) is 0 Å². The fourth-order valence-electron chi connectivity index (χ4n) is 2.90. The zero-order valence-corrected chi connectivity index (χ0v) is 15.2. The van der Waals surface area contributed by atoms with Gasteiger partial charge in [0.2, 0.25) is 6.10 Å². The van der Waals surface area contributed by atoms with Gasteiger partial charge < -0.3 is 14.6 Å². The van der Waals surface area contributed by atoms with Crippen molar-refractivity contribution in [1.29, 1.82) is 0 Å². The molecule has 148 valence electrons. The minimum absolute atomic E-state index is 0.0455. The number of aryl methyl sites for hydroxylation is 1. The zero-order valence-electron chi connectivity index (χ0n) is 15.2. The standard InChI is InChI=1S/C18H18FN3O6/c1-10-9-14(20-22(10)13-5-3-12(19)4-6-13)21-7-8-27-15(17(21)24)16(18(25)26)28-11(2)23/h3-6,9,15-16H,7-8H2,1-2H3,(H,25,26). The highest BCUT2D eigenvalue weighted by atomic mass is 19.1. The van der Waals surface area contributed by atoms with Gasteiger partial charge in [0.1, 0.15) is 5.82 Å².